The van der Waals surface area contributed by atoms with Gasteiger partial charge in [0.2, 0.25) is 13.2 Å². The van der Waals surface area contributed by atoms with Crippen LogP contribution >= 0.6 is 20.7 Å². The van der Waals surface area contributed by atoms with E-state index in [4.69, 9.17) is 9.63 Å². The molecule has 0 aromatic carbocycles. The molecular formula is C6H13N4O3PS. The van der Waals surface area contributed by atoms with Crippen LogP contribution < -0.4 is 0 Å². The number of aryl methyl sites for hydroxylation is 1. The fraction of sp³-hybridized carbons (Fsp3) is 0.833. The van der Waals surface area contributed by atoms with Crippen molar-refractivity contribution in [1.82, 2.24) is 20.2 Å². The molecule has 2 atom stereocenters. The van der Waals surface area contributed by atoms with Gasteiger partial charge in [0.1, 0.15) is 5.85 Å². The zero-order chi connectivity index (χ0) is 11.3. The number of hydrogen-bond acceptors (Lipinski definition) is 6. The van der Waals surface area contributed by atoms with Crippen LogP contribution in [0.25, 0.3) is 0 Å². The number of rotatable bonds is 6. The number of hydrogen-bond donors (Lipinski definition) is 2. The van der Waals surface area contributed by atoms with E-state index in [0.29, 0.717) is 24.7 Å². The van der Waals surface area contributed by atoms with Gasteiger partial charge in [-0.1, -0.05) is 0 Å². The van der Waals surface area contributed by atoms with Crippen molar-refractivity contribution in [3.05, 3.63) is 0 Å². The van der Waals surface area contributed by atoms with Crippen molar-refractivity contribution < 1.29 is 14.2 Å². The van der Waals surface area contributed by atoms with Gasteiger partial charge in [-0.15, -0.1) is 17.7 Å². The smallest absolute Gasteiger partial charge is 0.217 e. The third kappa shape index (κ3) is 3.90. The van der Waals surface area contributed by atoms with Crippen LogP contribution in [0.3, 0.4) is 0 Å². The van der Waals surface area contributed by atoms with Gasteiger partial charge in [0, 0.05) is 19.6 Å². The van der Waals surface area contributed by atoms with E-state index in [-0.39, 0.29) is 0 Å². The zero-order valence-corrected chi connectivity index (χ0v) is 10.1. The second kappa shape index (κ2) is 6.22. The molecule has 1 N–H and O–H groups in total. The van der Waals surface area contributed by atoms with Crippen molar-refractivity contribution in [3.63, 3.8) is 0 Å². The predicted octanol–water partition coefficient (Wildman–Crippen LogP) is 0.181. The van der Waals surface area contributed by atoms with Crippen LogP contribution in [0.5, 0.6) is 0 Å². The highest BCUT2D eigenvalue weighted by molar-refractivity contribution is 7.80. The van der Waals surface area contributed by atoms with Gasteiger partial charge >= 0.3 is 0 Å². The van der Waals surface area contributed by atoms with E-state index in [0.717, 1.165) is 0 Å². The van der Waals surface area contributed by atoms with Crippen LogP contribution in [0.4, 0.5) is 0 Å². The highest BCUT2D eigenvalue weighted by Gasteiger charge is 2.15. The lowest BCUT2D eigenvalue weighted by Crippen LogP contribution is -2.13. The Hall–Kier alpha value is -0.430. The Labute approximate surface area is 93.1 Å². The molecule has 0 bridgehead atoms. The first kappa shape index (κ1) is 12.6. The van der Waals surface area contributed by atoms with Gasteiger partial charge in [0.05, 0.1) is 0 Å². The van der Waals surface area contributed by atoms with Crippen LogP contribution in [-0.4, -0.2) is 37.6 Å². The molecule has 15 heavy (non-hydrogen) atoms. The lowest BCUT2D eigenvalue weighted by molar-refractivity contribution is 0.101. The summed E-state index contributed by atoms with van der Waals surface area (Å²) in [6, 6.07) is 0. The van der Waals surface area contributed by atoms with Crippen LogP contribution in [0, 0.1) is 0 Å². The molecule has 2 unspecified atom stereocenters. The van der Waals surface area contributed by atoms with Crippen molar-refractivity contribution >= 4 is 20.7 Å². The first-order valence-electron chi connectivity index (χ1n) is 4.44. The Kier molecular flexibility index (Phi) is 5.24. The molecule has 0 radical (unpaired) electrons. The second-order valence-corrected chi connectivity index (χ2v) is 4.49. The molecule has 0 aliphatic carbocycles. The molecule has 1 aromatic heterocycles. The molecule has 0 fully saturated rings. The van der Waals surface area contributed by atoms with Gasteiger partial charge in [-0.05, 0) is 17.4 Å². The van der Waals surface area contributed by atoms with Gasteiger partial charge in [0.25, 0.3) is 0 Å². The van der Waals surface area contributed by atoms with E-state index in [1.54, 1.807) is 6.92 Å². The van der Waals surface area contributed by atoms with Crippen LogP contribution in [0.15, 0.2) is 5.16 Å². The molecule has 0 amide bonds. The van der Waals surface area contributed by atoms with Gasteiger partial charge in [0.15, 0.2) is 0 Å². The summed E-state index contributed by atoms with van der Waals surface area (Å²) in [6.45, 7) is 2.59. The maximum Gasteiger partial charge on any atom is 0.217 e. The quantitative estimate of drug-likeness (QED) is 0.554. The number of tetrazole rings is 1. The molecule has 1 rings (SSSR count). The minimum absolute atomic E-state index is 0.378. The number of nitrogens with zero attached hydrogens (tertiary/aromatic N) is 4. The van der Waals surface area contributed by atoms with E-state index in [1.165, 1.54) is 4.68 Å². The highest BCUT2D eigenvalue weighted by atomic mass is 32.1. The fourth-order valence-electron chi connectivity index (χ4n) is 1.06. The van der Waals surface area contributed by atoms with Crippen molar-refractivity contribution in [2.24, 2.45) is 0 Å². The number of thiol groups is 1. The monoisotopic (exact) mass is 252 g/mol. The number of aromatic nitrogens is 4. The van der Waals surface area contributed by atoms with Crippen LogP contribution in [-0.2, 0) is 15.8 Å². The molecule has 0 spiro atoms. The standard InChI is InChI=1S/C6H13N4O3PS/c1-2-13-5(14(11)12)3-4-10-6(15)7-8-9-10/h5,14H,2-4H2,1H3,(H,11,12)(H,7,9,15). The van der Waals surface area contributed by atoms with Crippen molar-refractivity contribution in [3.8, 4) is 0 Å². The van der Waals surface area contributed by atoms with Crippen molar-refractivity contribution in [2.75, 3.05) is 6.61 Å². The molecular weight excluding hydrogens is 239 g/mol. The maximum absolute atomic E-state index is 10.9. The SMILES string of the molecule is CCOC(CCn1nnnc1S)[PH](=O)O. The van der Waals surface area contributed by atoms with Crippen molar-refractivity contribution in [1.29, 1.82) is 0 Å². The largest absolute Gasteiger partial charge is 0.369 e. The second-order valence-electron chi connectivity index (χ2n) is 2.77. The summed E-state index contributed by atoms with van der Waals surface area (Å²) in [4.78, 5) is 8.98. The molecule has 0 saturated heterocycles. The minimum Gasteiger partial charge on any atom is -0.369 e. The van der Waals surface area contributed by atoms with E-state index < -0.39 is 13.9 Å². The molecule has 0 saturated carbocycles. The average molecular weight is 252 g/mol. The Morgan fingerprint density at radius 1 is 1.73 bits per heavy atom. The summed E-state index contributed by atoms with van der Waals surface area (Å²) in [6.07, 6.45) is 0.390. The third-order valence-corrected chi connectivity index (χ3v) is 3.09. The van der Waals surface area contributed by atoms with Crippen LogP contribution in [0.1, 0.15) is 13.3 Å². The topological polar surface area (TPSA) is 90.1 Å². The van der Waals surface area contributed by atoms with Gasteiger partial charge in [-0.25, -0.2) is 4.68 Å². The first-order chi connectivity index (χ1) is 7.15. The molecule has 1 heterocycles. The summed E-state index contributed by atoms with van der Waals surface area (Å²) in [5, 5.41) is 11.0. The molecule has 86 valence electrons. The fourth-order valence-corrected chi connectivity index (χ4v) is 1.93. The summed E-state index contributed by atoms with van der Waals surface area (Å²) in [5.74, 6) is -0.642. The summed E-state index contributed by atoms with van der Waals surface area (Å²) >= 11 is 4.01. The molecule has 0 aliphatic heterocycles. The van der Waals surface area contributed by atoms with Gasteiger partial charge in [-0.2, -0.15) is 0 Å². The Balaban J connectivity index is 2.47. The molecule has 0 aliphatic rings. The molecule has 9 heteroatoms. The van der Waals surface area contributed by atoms with Gasteiger partial charge in [-0.3, -0.25) is 4.57 Å². The zero-order valence-electron chi connectivity index (χ0n) is 8.20. The Morgan fingerprint density at radius 2 is 2.47 bits per heavy atom. The lowest BCUT2D eigenvalue weighted by atomic mass is 10.4. The Morgan fingerprint density at radius 3 is 2.93 bits per heavy atom. The lowest BCUT2D eigenvalue weighted by Gasteiger charge is -2.13. The average Bonchev–Trinajstić information content (AvgIpc) is 2.58. The van der Waals surface area contributed by atoms with E-state index in [2.05, 4.69) is 28.2 Å². The van der Waals surface area contributed by atoms with E-state index in [9.17, 15) is 4.57 Å². The molecule has 7 nitrogen and oxygen atoms in total. The van der Waals surface area contributed by atoms with Gasteiger partial charge < -0.3 is 9.63 Å². The number of ether oxygens (including phenoxy) is 1. The summed E-state index contributed by atoms with van der Waals surface area (Å²) < 4.78 is 17.5. The third-order valence-electron chi connectivity index (χ3n) is 1.76. The van der Waals surface area contributed by atoms with Crippen LogP contribution in [0.2, 0.25) is 0 Å². The van der Waals surface area contributed by atoms with Crippen molar-refractivity contribution in [2.45, 2.75) is 30.9 Å². The normalized spacial score (nSPS) is 15.1. The maximum atomic E-state index is 10.9. The minimum atomic E-state index is -2.68. The van der Waals surface area contributed by atoms with E-state index >= 15 is 0 Å². The predicted molar refractivity (Wildman–Crippen MR) is 56.3 cm³/mol. The highest BCUT2D eigenvalue weighted by Crippen LogP contribution is 2.26. The first-order valence-corrected chi connectivity index (χ1v) is 6.32. The molecule has 1 aromatic rings. The summed E-state index contributed by atoms with van der Waals surface area (Å²) in [5.41, 5.74) is 0. The summed E-state index contributed by atoms with van der Waals surface area (Å²) in [7, 11) is -2.68. The van der Waals surface area contributed by atoms with E-state index in [1.807, 2.05) is 0 Å². The Bertz CT molecular complexity index is 334.